The molecular formula is C13H12F2N2. The lowest BCUT2D eigenvalue weighted by molar-refractivity contribution is 0.595. The summed E-state index contributed by atoms with van der Waals surface area (Å²) in [6.45, 7) is 1.52. The molecule has 0 aliphatic rings. The molecule has 0 spiro atoms. The van der Waals surface area contributed by atoms with Crippen LogP contribution in [0.1, 0.15) is 5.56 Å². The highest BCUT2D eigenvalue weighted by Gasteiger charge is 2.07. The van der Waals surface area contributed by atoms with Gasteiger partial charge in [0.1, 0.15) is 11.6 Å². The molecule has 0 amide bonds. The van der Waals surface area contributed by atoms with E-state index in [0.717, 1.165) is 12.1 Å². The minimum Gasteiger partial charge on any atom is -0.399 e. The molecule has 88 valence electrons. The van der Waals surface area contributed by atoms with Crippen molar-refractivity contribution in [3.05, 3.63) is 53.6 Å². The van der Waals surface area contributed by atoms with Crippen LogP contribution in [-0.2, 0) is 0 Å². The van der Waals surface area contributed by atoms with Crippen LogP contribution >= 0.6 is 0 Å². The molecule has 0 heterocycles. The van der Waals surface area contributed by atoms with Gasteiger partial charge in [-0.05, 0) is 36.8 Å². The lowest BCUT2D eigenvalue weighted by Gasteiger charge is -2.09. The summed E-state index contributed by atoms with van der Waals surface area (Å²) in [5, 5.41) is 2.79. The summed E-state index contributed by atoms with van der Waals surface area (Å²) in [7, 11) is 0. The van der Waals surface area contributed by atoms with E-state index in [1.807, 2.05) is 0 Å². The molecule has 2 nitrogen and oxygen atoms in total. The Morgan fingerprint density at radius 2 is 1.82 bits per heavy atom. The third kappa shape index (κ3) is 2.53. The van der Waals surface area contributed by atoms with E-state index in [4.69, 9.17) is 5.73 Å². The molecular weight excluding hydrogens is 222 g/mol. The highest BCUT2D eigenvalue weighted by Crippen LogP contribution is 2.23. The van der Waals surface area contributed by atoms with E-state index >= 15 is 0 Å². The first-order valence-corrected chi connectivity index (χ1v) is 5.14. The summed E-state index contributed by atoms with van der Waals surface area (Å²) in [6.07, 6.45) is 0. The van der Waals surface area contributed by atoms with Gasteiger partial charge in [-0.1, -0.05) is 6.07 Å². The van der Waals surface area contributed by atoms with Crippen LogP contribution in [-0.4, -0.2) is 0 Å². The molecule has 0 atom stereocenters. The van der Waals surface area contributed by atoms with Crippen LogP contribution in [0.15, 0.2) is 36.4 Å². The van der Waals surface area contributed by atoms with Crippen molar-refractivity contribution in [3.8, 4) is 0 Å². The summed E-state index contributed by atoms with van der Waals surface area (Å²) in [4.78, 5) is 0. The van der Waals surface area contributed by atoms with E-state index in [1.54, 1.807) is 24.3 Å². The molecule has 3 N–H and O–H groups in total. The van der Waals surface area contributed by atoms with Crippen LogP contribution in [0.5, 0.6) is 0 Å². The summed E-state index contributed by atoms with van der Waals surface area (Å²) in [5.74, 6) is -0.941. The number of nitrogens with two attached hydrogens (primary N) is 1. The molecule has 0 saturated carbocycles. The van der Waals surface area contributed by atoms with Crippen molar-refractivity contribution in [1.29, 1.82) is 0 Å². The Hall–Kier alpha value is -2.10. The highest BCUT2D eigenvalue weighted by atomic mass is 19.1. The average Bonchev–Trinajstić information content (AvgIpc) is 2.26. The molecule has 4 heteroatoms. The van der Waals surface area contributed by atoms with Gasteiger partial charge in [-0.25, -0.2) is 8.78 Å². The second-order valence-electron chi connectivity index (χ2n) is 3.83. The molecule has 2 rings (SSSR count). The van der Waals surface area contributed by atoms with Crippen molar-refractivity contribution < 1.29 is 8.78 Å². The first-order chi connectivity index (χ1) is 8.06. The molecule has 2 aromatic carbocycles. The van der Waals surface area contributed by atoms with Gasteiger partial charge in [0.25, 0.3) is 0 Å². The Morgan fingerprint density at radius 3 is 2.53 bits per heavy atom. The van der Waals surface area contributed by atoms with Crippen LogP contribution in [0.25, 0.3) is 0 Å². The first-order valence-electron chi connectivity index (χ1n) is 5.14. The predicted molar refractivity (Wildman–Crippen MR) is 65.2 cm³/mol. The Morgan fingerprint density at radius 1 is 1.06 bits per heavy atom. The number of hydrogen-bond donors (Lipinski definition) is 2. The molecule has 0 unspecified atom stereocenters. The van der Waals surface area contributed by atoms with Gasteiger partial charge in [-0.2, -0.15) is 0 Å². The van der Waals surface area contributed by atoms with Crippen molar-refractivity contribution >= 4 is 17.1 Å². The van der Waals surface area contributed by atoms with Gasteiger partial charge < -0.3 is 11.1 Å². The fraction of sp³-hybridized carbons (Fsp3) is 0.0769. The Balaban J connectivity index is 2.33. The summed E-state index contributed by atoms with van der Waals surface area (Å²) in [6, 6.07) is 9.12. The normalized spacial score (nSPS) is 10.3. The first kappa shape index (κ1) is 11.4. The van der Waals surface area contributed by atoms with Gasteiger partial charge in [-0.15, -0.1) is 0 Å². The van der Waals surface area contributed by atoms with E-state index in [0.29, 0.717) is 11.4 Å². The number of aryl methyl sites for hydroxylation is 1. The van der Waals surface area contributed by atoms with Crippen molar-refractivity contribution in [1.82, 2.24) is 0 Å². The van der Waals surface area contributed by atoms with Gasteiger partial charge in [0.2, 0.25) is 0 Å². The smallest absolute Gasteiger partial charge is 0.147 e. The van der Waals surface area contributed by atoms with Gasteiger partial charge in [0.15, 0.2) is 0 Å². The zero-order valence-corrected chi connectivity index (χ0v) is 9.30. The zero-order valence-electron chi connectivity index (χ0n) is 9.30. The number of halogens is 2. The summed E-state index contributed by atoms with van der Waals surface area (Å²) >= 11 is 0. The predicted octanol–water partition coefficient (Wildman–Crippen LogP) is 3.60. The molecule has 0 aliphatic carbocycles. The Kier molecular flexibility index (Phi) is 2.95. The molecule has 0 saturated heterocycles. The van der Waals surface area contributed by atoms with Crippen molar-refractivity contribution in [2.24, 2.45) is 0 Å². The fourth-order valence-electron chi connectivity index (χ4n) is 1.51. The van der Waals surface area contributed by atoms with Gasteiger partial charge >= 0.3 is 0 Å². The number of rotatable bonds is 2. The molecule has 0 bridgehead atoms. The lowest BCUT2D eigenvalue weighted by atomic mass is 10.2. The van der Waals surface area contributed by atoms with Gasteiger partial charge in [0, 0.05) is 17.4 Å². The minimum absolute atomic E-state index is 0.0960. The van der Waals surface area contributed by atoms with Crippen LogP contribution in [0.4, 0.5) is 25.8 Å². The van der Waals surface area contributed by atoms with E-state index in [9.17, 15) is 8.78 Å². The highest BCUT2D eigenvalue weighted by molar-refractivity contribution is 5.64. The topological polar surface area (TPSA) is 38.0 Å². The number of anilines is 3. The van der Waals surface area contributed by atoms with Crippen molar-refractivity contribution in [2.75, 3.05) is 11.1 Å². The number of hydrogen-bond acceptors (Lipinski definition) is 2. The molecule has 0 radical (unpaired) electrons. The lowest BCUT2D eigenvalue weighted by Crippen LogP contribution is -1.97. The van der Waals surface area contributed by atoms with Crippen LogP contribution < -0.4 is 11.1 Å². The van der Waals surface area contributed by atoms with Crippen LogP contribution in [0.3, 0.4) is 0 Å². The fourth-order valence-corrected chi connectivity index (χ4v) is 1.51. The Bertz CT molecular complexity index is 553. The maximum atomic E-state index is 13.6. The maximum absolute atomic E-state index is 13.6. The van der Waals surface area contributed by atoms with Crippen molar-refractivity contribution in [3.63, 3.8) is 0 Å². The minimum atomic E-state index is -0.494. The molecule has 0 aliphatic heterocycles. The number of benzene rings is 2. The SMILES string of the molecule is Cc1cc(F)c(Nc2cccc(N)c2)cc1F. The van der Waals surface area contributed by atoms with Crippen molar-refractivity contribution in [2.45, 2.75) is 6.92 Å². The molecule has 2 aromatic rings. The third-order valence-electron chi connectivity index (χ3n) is 2.41. The van der Waals surface area contributed by atoms with E-state index in [2.05, 4.69) is 5.32 Å². The second kappa shape index (κ2) is 4.41. The summed E-state index contributed by atoms with van der Waals surface area (Å²) < 4.78 is 26.9. The molecule has 0 fully saturated rings. The van der Waals surface area contributed by atoms with Crippen LogP contribution in [0, 0.1) is 18.6 Å². The quantitative estimate of drug-likeness (QED) is 0.779. The number of nitrogens with one attached hydrogen (secondary N) is 1. The van der Waals surface area contributed by atoms with E-state index < -0.39 is 11.6 Å². The maximum Gasteiger partial charge on any atom is 0.147 e. The monoisotopic (exact) mass is 234 g/mol. The van der Waals surface area contributed by atoms with Gasteiger partial charge in [0.05, 0.1) is 5.69 Å². The standard InChI is InChI=1S/C13H12F2N2/c1-8-5-12(15)13(7-11(8)14)17-10-4-2-3-9(16)6-10/h2-7,17H,16H2,1H3. The zero-order chi connectivity index (χ0) is 12.4. The number of nitrogen functional groups attached to an aromatic ring is 1. The van der Waals surface area contributed by atoms with E-state index in [1.165, 1.54) is 6.92 Å². The molecule has 0 aromatic heterocycles. The average molecular weight is 234 g/mol. The Labute approximate surface area is 98.1 Å². The molecule has 17 heavy (non-hydrogen) atoms. The summed E-state index contributed by atoms with van der Waals surface area (Å²) in [5.41, 5.74) is 7.15. The third-order valence-corrected chi connectivity index (χ3v) is 2.41. The van der Waals surface area contributed by atoms with Crippen LogP contribution in [0.2, 0.25) is 0 Å². The second-order valence-corrected chi connectivity index (χ2v) is 3.83. The largest absolute Gasteiger partial charge is 0.399 e. The van der Waals surface area contributed by atoms with E-state index in [-0.39, 0.29) is 11.3 Å². The van der Waals surface area contributed by atoms with Gasteiger partial charge in [-0.3, -0.25) is 0 Å².